The van der Waals surface area contributed by atoms with E-state index in [0.717, 1.165) is 11.3 Å². The van der Waals surface area contributed by atoms with Gasteiger partial charge in [-0.05, 0) is 24.6 Å². The molecule has 1 fully saturated rings. The van der Waals surface area contributed by atoms with Crippen molar-refractivity contribution in [1.82, 2.24) is 0 Å². The molecule has 4 atom stereocenters. The predicted octanol–water partition coefficient (Wildman–Crippen LogP) is 1.07. The van der Waals surface area contributed by atoms with Gasteiger partial charge in [-0.25, -0.2) is 0 Å². The predicted molar refractivity (Wildman–Crippen MR) is 68.7 cm³/mol. The number of methoxy groups -OCH3 is 1. The first-order chi connectivity index (χ1) is 9.10. The van der Waals surface area contributed by atoms with E-state index in [2.05, 4.69) is 0 Å². The Morgan fingerprint density at radius 2 is 1.95 bits per heavy atom. The lowest BCUT2D eigenvalue weighted by molar-refractivity contribution is -0.249. The van der Waals surface area contributed by atoms with Crippen LogP contribution in [0.15, 0.2) is 24.3 Å². The summed E-state index contributed by atoms with van der Waals surface area (Å²) in [4.78, 5) is 0. The van der Waals surface area contributed by atoms with Crippen LogP contribution in [0.1, 0.15) is 18.9 Å². The van der Waals surface area contributed by atoms with Gasteiger partial charge < -0.3 is 24.4 Å². The second kappa shape index (κ2) is 6.34. The molecule has 2 rings (SSSR count). The van der Waals surface area contributed by atoms with E-state index >= 15 is 0 Å². The third-order valence-corrected chi connectivity index (χ3v) is 3.27. The number of aliphatic hydroxyl groups is 2. The lowest BCUT2D eigenvalue weighted by atomic mass is 10.0. The van der Waals surface area contributed by atoms with Crippen molar-refractivity contribution in [1.29, 1.82) is 0 Å². The molecule has 0 unspecified atom stereocenters. The Morgan fingerprint density at radius 1 is 1.26 bits per heavy atom. The van der Waals surface area contributed by atoms with Crippen molar-refractivity contribution in [2.24, 2.45) is 0 Å². The van der Waals surface area contributed by atoms with Crippen LogP contribution >= 0.6 is 0 Å². The standard InChI is InChI=1S/C14H20O5/c1-9-14(16)12(15)7-13(19-9)18-8-10-3-5-11(17-2)6-4-10/h3-6,9,12-16H,7-8H2,1-2H3/t9-,12+,13-,14-/m1/s1. The molecule has 5 heteroatoms. The van der Waals surface area contributed by atoms with Crippen LogP contribution in [0, 0.1) is 0 Å². The van der Waals surface area contributed by atoms with Crippen LogP contribution in [0.4, 0.5) is 0 Å². The molecule has 0 spiro atoms. The van der Waals surface area contributed by atoms with E-state index in [4.69, 9.17) is 14.2 Å². The Labute approximate surface area is 112 Å². The highest BCUT2D eigenvalue weighted by atomic mass is 16.7. The van der Waals surface area contributed by atoms with Crippen LogP contribution in [0.5, 0.6) is 5.75 Å². The van der Waals surface area contributed by atoms with E-state index in [0.29, 0.717) is 6.61 Å². The lowest BCUT2D eigenvalue weighted by Gasteiger charge is -2.35. The summed E-state index contributed by atoms with van der Waals surface area (Å²) in [6.45, 7) is 2.11. The second-order valence-corrected chi connectivity index (χ2v) is 4.72. The summed E-state index contributed by atoms with van der Waals surface area (Å²) < 4.78 is 16.2. The molecule has 0 aromatic heterocycles. The molecular formula is C14H20O5. The van der Waals surface area contributed by atoms with Gasteiger partial charge in [0, 0.05) is 6.42 Å². The first-order valence-electron chi connectivity index (χ1n) is 6.36. The fourth-order valence-electron chi connectivity index (χ4n) is 2.04. The van der Waals surface area contributed by atoms with Crippen LogP contribution in [0.25, 0.3) is 0 Å². The summed E-state index contributed by atoms with van der Waals surface area (Å²) in [5.74, 6) is 0.796. The molecule has 2 N–H and O–H groups in total. The van der Waals surface area contributed by atoms with E-state index in [-0.39, 0.29) is 6.42 Å². The summed E-state index contributed by atoms with van der Waals surface area (Å²) in [6.07, 6.45) is -2.28. The maximum atomic E-state index is 9.66. The zero-order valence-electron chi connectivity index (χ0n) is 11.2. The number of aliphatic hydroxyl groups excluding tert-OH is 2. The normalized spacial score (nSPS) is 31.2. The average molecular weight is 268 g/mol. The number of hydrogen-bond acceptors (Lipinski definition) is 5. The zero-order chi connectivity index (χ0) is 13.8. The van der Waals surface area contributed by atoms with E-state index in [1.54, 1.807) is 14.0 Å². The summed E-state index contributed by atoms with van der Waals surface area (Å²) in [5, 5.41) is 19.2. The molecule has 1 aliphatic heterocycles. The van der Waals surface area contributed by atoms with Gasteiger partial charge in [0.25, 0.3) is 0 Å². The van der Waals surface area contributed by atoms with E-state index in [9.17, 15) is 10.2 Å². The quantitative estimate of drug-likeness (QED) is 0.855. The van der Waals surface area contributed by atoms with Gasteiger partial charge >= 0.3 is 0 Å². The SMILES string of the molecule is COc1ccc(CO[C@H]2C[C@H](O)[C@H](O)[C@@H](C)O2)cc1. The molecule has 0 saturated carbocycles. The Hall–Kier alpha value is -1.14. The number of benzene rings is 1. The Balaban J connectivity index is 1.84. The fourth-order valence-corrected chi connectivity index (χ4v) is 2.04. The minimum atomic E-state index is -0.846. The molecule has 0 bridgehead atoms. The molecule has 1 heterocycles. The van der Waals surface area contributed by atoms with Crippen LogP contribution in [0.2, 0.25) is 0 Å². The molecule has 106 valence electrons. The minimum absolute atomic E-state index is 0.279. The topological polar surface area (TPSA) is 68.2 Å². The minimum Gasteiger partial charge on any atom is -0.497 e. The molecular weight excluding hydrogens is 248 g/mol. The van der Waals surface area contributed by atoms with Gasteiger partial charge in [-0.3, -0.25) is 0 Å². The largest absolute Gasteiger partial charge is 0.497 e. The first-order valence-corrected chi connectivity index (χ1v) is 6.36. The van der Waals surface area contributed by atoms with Gasteiger partial charge in [-0.15, -0.1) is 0 Å². The zero-order valence-corrected chi connectivity index (χ0v) is 11.2. The smallest absolute Gasteiger partial charge is 0.161 e. The lowest BCUT2D eigenvalue weighted by Crippen LogP contribution is -2.47. The Morgan fingerprint density at radius 3 is 2.53 bits per heavy atom. The van der Waals surface area contributed by atoms with E-state index < -0.39 is 24.6 Å². The highest BCUT2D eigenvalue weighted by molar-refractivity contribution is 5.26. The molecule has 1 saturated heterocycles. The van der Waals surface area contributed by atoms with E-state index in [1.165, 1.54) is 0 Å². The highest BCUT2D eigenvalue weighted by Gasteiger charge is 2.34. The summed E-state index contributed by atoms with van der Waals surface area (Å²) in [7, 11) is 1.62. The number of rotatable bonds is 4. The molecule has 1 aromatic rings. The van der Waals surface area contributed by atoms with Crippen molar-refractivity contribution in [3.63, 3.8) is 0 Å². The van der Waals surface area contributed by atoms with Gasteiger partial charge in [-0.2, -0.15) is 0 Å². The Bertz CT molecular complexity index is 379. The van der Waals surface area contributed by atoms with Gasteiger partial charge in [0.05, 0.1) is 25.9 Å². The van der Waals surface area contributed by atoms with Crippen molar-refractivity contribution < 1.29 is 24.4 Å². The number of ether oxygens (including phenoxy) is 3. The molecule has 1 aliphatic rings. The Kier molecular flexibility index (Phi) is 4.76. The highest BCUT2D eigenvalue weighted by Crippen LogP contribution is 2.22. The van der Waals surface area contributed by atoms with Crippen molar-refractivity contribution in [3.05, 3.63) is 29.8 Å². The van der Waals surface area contributed by atoms with Crippen molar-refractivity contribution in [3.8, 4) is 5.75 Å². The van der Waals surface area contributed by atoms with Crippen molar-refractivity contribution >= 4 is 0 Å². The van der Waals surface area contributed by atoms with Gasteiger partial charge in [-0.1, -0.05) is 12.1 Å². The molecule has 0 aliphatic carbocycles. The molecule has 19 heavy (non-hydrogen) atoms. The fraction of sp³-hybridized carbons (Fsp3) is 0.571. The molecule has 0 radical (unpaired) electrons. The summed E-state index contributed by atoms with van der Waals surface area (Å²) >= 11 is 0. The third-order valence-electron chi connectivity index (χ3n) is 3.27. The second-order valence-electron chi connectivity index (χ2n) is 4.72. The molecule has 0 amide bonds. The summed E-state index contributed by atoms with van der Waals surface area (Å²) in [5.41, 5.74) is 0.998. The summed E-state index contributed by atoms with van der Waals surface area (Å²) in [6, 6.07) is 7.55. The monoisotopic (exact) mass is 268 g/mol. The van der Waals surface area contributed by atoms with Gasteiger partial charge in [0.15, 0.2) is 6.29 Å². The van der Waals surface area contributed by atoms with Crippen LogP contribution in [-0.4, -0.2) is 41.9 Å². The number of hydrogen-bond donors (Lipinski definition) is 2. The first kappa shape index (κ1) is 14.3. The van der Waals surface area contributed by atoms with E-state index in [1.807, 2.05) is 24.3 Å². The van der Waals surface area contributed by atoms with Crippen LogP contribution in [-0.2, 0) is 16.1 Å². The third kappa shape index (κ3) is 3.67. The molecule has 1 aromatic carbocycles. The van der Waals surface area contributed by atoms with Gasteiger partial charge in [0.1, 0.15) is 11.9 Å². The maximum Gasteiger partial charge on any atom is 0.161 e. The van der Waals surface area contributed by atoms with Crippen molar-refractivity contribution in [2.75, 3.05) is 7.11 Å². The maximum absolute atomic E-state index is 9.66. The molecule has 5 nitrogen and oxygen atoms in total. The average Bonchev–Trinajstić information content (AvgIpc) is 2.43. The van der Waals surface area contributed by atoms with Crippen LogP contribution in [0.3, 0.4) is 0 Å². The van der Waals surface area contributed by atoms with Crippen LogP contribution < -0.4 is 4.74 Å². The van der Waals surface area contributed by atoms with Crippen molar-refractivity contribution in [2.45, 2.75) is 44.6 Å². The van der Waals surface area contributed by atoms with Gasteiger partial charge in [0.2, 0.25) is 0 Å².